The van der Waals surface area contributed by atoms with E-state index in [9.17, 15) is 0 Å². The minimum atomic E-state index is 0.819. The summed E-state index contributed by atoms with van der Waals surface area (Å²) in [7, 11) is 0. The third-order valence-electron chi connectivity index (χ3n) is 3.26. The Labute approximate surface area is 110 Å². The molecular weight excluding hydrogens is 204 g/mol. The predicted octanol–water partition coefficient (Wildman–Crippen LogP) is 6.14. The van der Waals surface area contributed by atoms with Gasteiger partial charge in [-0.1, -0.05) is 77.9 Å². The van der Waals surface area contributed by atoms with Gasteiger partial charge < -0.3 is 0 Å². The van der Waals surface area contributed by atoms with E-state index in [0.717, 1.165) is 25.2 Å². The van der Waals surface area contributed by atoms with Gasteiger partial charge in [-0.05, 0) is 31.6 Å². The second-order valence-corrected chi connectivity index (χ2v) is 5.03. The average molecular weight is 236 g/mol. The summed E-state index contributed by atoms with van der Waals surface area (Å²) in [6.45, 7) is 10.0. The summed E-state index contributed by atoms with van der Waals surface area (Å²) in [5.74, 6) is 0.819. The lowest BCUT2D eigenvalue weighted by atomic mass is 9.95. The summed E-state index contributed by atoms with van der Waals surface area (Å²) < 4.78 is 0. The van der Waals surface area contributed by atoms with Crippen molar-refractivity contribution >= 4 is 0 Å². The quantitative estimate of drug-likeness (QED) is 0.282. The fourth-order valence-electron chi connectivity index (χ4n) is 2.23. The normalized spacial score (nSPS) is 13.4. The zero-order valence-electron chi connectivity index (χ0n) is 11.9. The Kier molecular flexibility index (Phi) is 13.6. The van der Waals surface area contributed by atoms with E-state index in [1.807, 2.05) is 0 Å². The van der Waals surface area contributed by atoms with Gasteiger partial charge in [0.25, 0.3) is 0 Å². The van der Waals surface area contributed by atoms with Crippen LogP contribution in [0.2, 0.25) is 0 Å². The number of allylic oxidation sites excluding steroid dienone is 2. The summed E-state index contributed by atoms with van der Waals surface area (Å²) >= 11 is 0. The molecule has 0 N–H and O–H groups in total. The molecule has 0 aromatic heterocycles. The minimum absolute atomic E-state index is 0.819. The maximum Gasteiger partial charge on any atom is -0.0234 e. The molecule has 100 valence electrons. The zero-order valence-corrected chi connectivity index (χ0v) is 11.9. The first kappa shape index (κ1) is 16.7. The topological polar surface area (TPSA) is 0 Å². The van der Waals surface area contributed by atoms with Gasteiger partial charge in [0.15, 0.2) is 0 Å². The first-order valence-electron chi connectivity index (χ1n) is 7.60. The Morgan fingerprint density at radius 3 is 2.24 bits per heavy atom. The number of hydrogen-bond donors (Lipinski definition) is 0. The third-order valence-corrected chi connectivity index (χ3v) is 3.26. The van der Waals surface area contributed by atoms with Crippen molar-refractivity contribution in [2.24, 2.45) is 5.92 Å². The van der Waals surface area contributed by atoms with Crippen LogP contribution in [-0.4, -0.2) is 0 Å². The standard InChI is InChI=1S/C17H32/c1-4-7-9-10-11-13-16-17(14-6-3)15-12-8-5-2/h12,15,17H,1-2,4-11,13-14,16H2,3H3. The Morgan fingerprint density at radius 1 is 0.882 bits per heavy atom. The highest BCUT2D eigenvalue weighted by atomic mass is 14.1. The molecule has 0 saturated heterocycles. The zero-order chi connectivity index (χ0) is 12.8. The van der Waals surface area contributed by atoms with Crippen LogP contribution in [0.1, 0.15) is 77.6 Å². The van der Waals surface area contributed by atoms with E-state index in [4.69, 9.17) is 0 Å². The van der Waals surface area contributed by atoms with Crippen molar-refractivity contribution in [2.45, 2.75) is 77.6 Å². The molecule has 0 aliphatic rings. The monoisotopic (exact) mass is 236 g/mol. The summed E-state index contributed by atoms with van der Waals surface area (Å²) in [6.07, 6.45) is 19.0. The first-order valence-corrected chi connectivity index (χ1v) is 7.60. The van der Waals surface area contributed by atoms with Crippen molar-refractivity contribution in [3.8, 4) is 0 Å². The summed E-state index contributed by atoms with van der Waals surface area (Å²) in [5.41, 5.74) is 0. The van der Waals surface area contributed by atoms with Crippen LogP contribution in [0.3, 0.4) is 0 Å². The highest BCUT2D eigenvalue weighted by molar-refractivity contribution is 4.88. The van der Waals surface area contributed by atoms with E-state index in [1.165, 1.54) is 51.4 Å². The van der Waals surface area contributed by atoms with Crippen molar-refractivity contribution in [3.63, 3.8) is 0 Å². The molecule has 0 amide bonds. The molecule has 0 aliphatic heterocycles. The molecule has 1 unspecified atom stereocenters. The van der Waals surface area contributed by atoms with Crippen molar-refractivity contribution in [1.82, 2.24) is 0 Å². The molecule has 17 heavy (non-hydrogen) atoms. The largest absolute Gasteiger partial charge is 0.0883 e. The van der Waals surface area contributed by atoms with Gasteiger partial charge in [0.2, 0.25) is 0 Å². The van der Waals surface area contributed by atoms with Gasteiger partial charge >= 0.3 is 0 Å². The molecular formula is C17H32. The van der Waals surface area contributed by atoms with E-state index in [1.54, 1.807) is 0 Å². The van der Waals surface area contributed by atoms with Crippen molar-refractivity contribution in [3.05, 3.63) is 26.0 Å². The van der Waals surface area contributed by atoms with E-state index in [2.05, 4.69) is 32.9 Å². The predicted molar refractivity (Wildman–Crippen MR) is 79.8 cm³/mol. The van der Waals surface area contributed by atoms with Gasteiger partial charge in [0.05, 0.1) is 0 Å². The van der Waals surface area contributed by atoms with Gasteiger partial charge in [-0.3, -0.25) is 0 Å². The fourth-order valence-corrected chi connectivity index (χ4v) is 2.23. The van der Waals surface area contributed by atoms with Crippen LogP contribution >= 0.6 is 0 Å². The first-order chi connectivity index (χ1) is 8.35. The van der Waals surface area contributed by atoms with Crippen molar-refractivity contribution < 1.29 is 0 Å². The minimum Gasteiger partial charge on any atom is -0.0883 e. The van der Waals surface area contributed by atoms with Crippen molar-refractivity contribution in [1.29, 1.82) is 0 Å². The molecule has 0 nitrogen and oxygen atoms in total. The van der Waals surface area contributed by atoms with E-state index < -0.39 is 0 Å². The van der Waals surface area contributed by atoms with E-state index in [0.29, 0.717) is 0 Å². The van der Waals surface area contributed by atoms with Crippen LogP contribution in [0.4, 0.5) is 0 Å². The molecule has 2 radical (unpaired) electrons. The Hall–Kier alpha value is -0.260. The van der Waals surface area contributed by atoms with Gasteiger partial charge in [-0.2, -0.15) is 0 Å². The molecule has 0 bridgehead atoms. The van der Waals surface area contributed by atoms with Crippen LogP contribution < -0.4 is 0 Å². The number of hydrogen-bond acceptors (Lipinski definition) is 0. The van der Waals surface area contributed by atoms with Crippen LogP contribution in [-0.2, 0) is 0 Å². The van der Waals surface area contributed by atoms with Crippen LogP contribution in [0.25, 0.3) is 0 Å². The molecule has 0 rings (SSSR count). The van der Waals surface area contributed by atoms with Crippen LogP contribution in [0.5, 0.6) is 0 Å². The van der Waals surface area contributed by atoms with Gasteiger partial charge in [0, 0.05) is 0 Å². The fraction of sp³-hybridized carbons (Fsp3) is 0.765. The van der Waals surface area contributed by atoms with Gasteiger partial charge in [-0.25, -0.2) is 0 Å². The highest BCUT2D eigenvalue weighted by Gasteiger charge is 2.02. The van der Waals surface area contributed by atoms with Gasteiger partial charge in [0.1, 0.15) is 0 Å². The van der Waals surface area contributed by atoms with E-state index in [-0.39, 0.29) is 0 Å². The second-order valence-electron chi connectivity index (χ2n) is 5.03. The third kappa shape index (κ3) is 12.0. The molecule has 0 aliphatic carbocycles. The molecule has 0 aromatic carbocycles. The maximum atomic E-state index is 3.88. The molecule has 1 atom stereocenters. The van der Waals surface area contributed by atoms with Crippen molar-refractivity contribution in [2.75, 3.05) is 0 Å². The Bertz CT molecular complexity index is 157. The Balaban J connectivity index is 3.55. The number of rotatable bonds is 12. The second kappa shape index (κ2) is 13.8. The van der Waals surface area contributed by atoms with Gasteiger partial charge in [-0.15, -0.1) is 0 Å². The lowest BCUT2D eigenvalue weighted by Gasteiger charge is -2.11. The molecule has 0 heterocycles. The van der Waals surface area contributed by atoms with Crippen LogP contribution in [0.15, 0.2) is 12.2 Å². The lowest BCUT2D eigenvalue weighted by Crippen LogP contribution is -1.96. The molecule has 0 aromatic rings. The summed E-state index contributed by atoms with van der Waals surface area (Å²) in [6, 6.07) is 0. The molecule has 0 spiro atoms. The highest BCUT2D eigenvalue weighted by Crippen LogP contribution is 2.18. The molecule has 0 saturated carbocycles. The molecule has 0 fully saturated rings. The summed E-state index contributed by atoms with van der Waals surface area (Å²) in [5, 5.41) is 0. The molecule has 0 heteroatoms. The SMILES string of the molecule is [CH2]CCC=CC(CCC)CCCCCCC[CH2]. The average Bonchev–Trinajstić information content (AvgIpc) is 2.34. The van der Waals surface area contributed by atoms with Crippen LogP contribution in [0, 0.1) is 19.8 Å². The maximum absolute atomic E-state index is 3.88. The lowest BCUT2D eigenvalue weighted by molar-refractivity contribution is 0.489. The van der Waals surface area contributed by atoms with E-state index >= 15 is 0 Å². The number of unbranched alkanes of at least 4 members (excludes halogenated alkanes) is 6. The summed E-state index contributed by atoms with van der Waals surface area (Å²) in [4.78, 5) is 0. The smallest absolute Gasteiger partial charge is 0.0234 e. The Morgan fingerprint density at radius 2 is 1.59 bits per heavy atom.